The smallest absolute Gasteiger partial charge is 0.0754 e. The fourth-order valence-electron chi connectivity index (χ4n) is 2.34. The second-order valence-electron chi connectivity index (χ2n) is 4.83. The van der Waals surface area contributed by atoms with Crippen LogP contribution in [-0.2, 0) is 0 Å². The minimum absolute atomic E-state index is 0.177. The Morgan fingerprint density at radius 2 is 2.00 bits per heavy atom. The van der Waals surface area contributed by atoms with E-state index in [2.05, 4.69) is 33.2 Å². The molecule has 3 nitrogen and oxygen atoms in total. The van der Waals surface area contributed by atoms with Gasteiger partial charge in [-0.25, -0.2) is 0 Å². The van der Waals surface area contributed by atoms with Gasteiger partial charge in [-0.15, -0.1) is 0 Å². The SMILES string of the molecule is CC1(Nc2c(N)cncc2Br)CCCCC1. The Morgan fingerprint density at radius 1 is 1.31 bits per heavy atom. The summed E-state index contributed by atoms with van der Waals surface area (Å²) in [5, 5.41) is 3.58. The summed E-state index contributed by atoms with van der Waals surface area (Å²) in [6.45, 7) is 2.28. The van der Waals surface area contributed by atoms with Gasteiger partial charge in [0, 0.05) is 11.7 Å². The summed E-state index contributed by atoms with van der Waals surface area (Å²) >= 11 is 3.49. The zero-order valence-corrected chi connectivity index (χ0v) is 11.2. The van der Waals surface area contributed by atoms with E-state index in [1.807, 2.05) is 0 Å². The van der Waals surface area contributed by atoms with E-state index >= 15 is 0 Å². The van der Waals surface area contributed by atoms with E-state index in [0.29, 0.717) is 5.69 Å². The second kappa shape index (κ2) is 4.62. The van der Waals surface area contributed by atoms with Gasteiger partial charge in [0.2, 0.25) is 0 Å². The van der Waals surface area contributed by atoms with E-state index in [1.54, 1.807) is 12.4 Å². The van der Waals surface area contributed by atoms with Gasteiger partial charge < -0.3 is 11.1 Å². The first kappa shape index (κ1) is 11.7. The van der Waals surface area contributed by atoms with Crippen LogP contribution in [0.15, 0.2) is 16.9 Å². The summed E-state index contributed by atoms with van der Waals surface area (Å²) in [7, 11) is 0. The Morgan fingerprint density at radius 3 is 2.62 bits per heavy atom. The number of anilines is 2. The number of hydrogen-bond donors (Lipinski definition) is 2. The fraction of sp³-hybridized carbons (Fsp3) is 0.583. The molecule has 0 spiro atoms. The van der Waals surface area contributed by atoms with Gasteiger partial charge in [0.15, 0.2) is 0 Å². The molecule has 0 saturated heterocycles. The summed E-state index contributed by atoms with van der Waals surface area (Å²) in [6.07, 6.45) is 9.84. The Hall–Kier alpha value is -0.770. The van der Waals surface area contributed by atoms with Crippen LogP contribution in [0.25, 0.3) is 0 Å². The van der Waals surface area contributed by atoms with E-state index in [0.717, 1.165) is 10.2 Å². The molecular formula is C12H18BrN3. The first-order chi connectivity index (χ1) is 7.61. The van der Waals surface area contributed by atoms with Crippen LogP contribution in [0, 0.1) is 0 Å². The second-order valence-corrected chi connectivity index (χ2v) is 5.69. The Bertz CT molecular complexity index is 352. The fourth-order valence-corrected chi connectivity index (χ4v) is 2.79. The molecule has 1 fully saturated rings. The Kier molecular flexibility index (Phi) is 3.38. The van der Waals surface area contributed by atoms with Crippen LogP contribution in [-0.4, -0.2) is 10.5 Å². The molecule has 0 unspecified atom stereocenters. The van der Waals surface area contributed by atoms with Crippen molar-refractivity contribution in [3.8, 4) is 0 Å². The number of nitrogens with one attached hydrogen (secondary N) is 1. The number of nitrogen functional groups attached to an aromatic ring is 1. The molecule has 1 saturated carbocycles. The normalized spacial score (nSPS) is 19.4. The van der Waals surface area contributed by atoms with Crippen molar-refractivity contribution in [2.75, 3.05) is 11.1 Å². The van der Waals surface area contributed by atoms with Crippen molar-refractivity contribution >= 4 is 27.3 Å². The predicted molar refractivity (Wildman–Crippen MR) is 71.5 cm³/mol. The maximum absolute atomic E-state index is 5.94. The molecule has 1 aliphatic rings. The molecule has 3 N–H and O–H groups in total. The average molecular weight is 284 g/mol. The van der Waals surface area contributed by atoms with Gasteiger partial charge in [0.05, 0.1) is 22.0 Å². The van der Waals surface area contributed by atoms with Gasteiger partial charge in [0.25, 0.3) is 0 Å². The molecule has 0 radical (unpaired) electrons. The molecule has 0 amide bonds. The standard InChI is InChI=1S/C12H18BrN3/c1-12(5-3-2-4-6-12)16-11-9(13)7-15-8-10(11)14/h7-8H,2-6,14H2,1H3,(H,15,16). The van der Waals surface area contributed by atoms with Gasteiger partial charge in [0.1, 0.15) is 0 Å². The van der Waals surface area contributed by atoms with E-state index < -0.39 is 0 Å². The molecule has 16 heavy (non-hydrogen) atoms. The van der Waals surface area contributed by atoms with Crippen LogP contribution in [0.5, 0.6) is 0 Å². The molecule has 4 heteroatoms. The quantitative estimate of drug-likeness (QED) is 0.873. The first-order valence-electron chi connectivity index (χ1n) is 5.78. The lowest BCUT2D eigenvalue weighted by Gasteiger charge is -2.36. The highest BCUT2D eigenvalue weighted by atomic mass is 79.9. The van der Waals surface area contributed by atoms with Crippen molar-refractivity contribution in [2.45, 2.75) is 44.6 Å². The molecule has 1 aliphatic carbocycles. The Labute approximate surface area is 105 Å². The summed E-state index contributed by atoms with van der Waals surface area (Å²) in [4.78, 5) is 4.05. The van der Waals surface area contributed by atoms with Crippen molar-refractivity contribution in [1.29, 1.82) is 0 Å². The van der Waals surface area contributed by atoms with Crippen LogP contribution in [0.1, 0.15) is 39.0 Å². The third kappa shape index (κ3) is 2.48. The lowest BCUT2D eigenvalue weighted by molar-refractivity contribution is 0.349. The number of nitrogens with zero attached hydrogens (tertiary/aromatic N) is 1. The van der Waals surface area contributed by atoms with Crippen LogP contribution in [0.2, 0.25) is 0 Å². The van der Waals surface area contributed by atoms with E-state index in [1.165, 1.54) is 32.1 Å². The van der Waals surface area contributed by atoms with E-state index in [-0.39, 0.29) is 5.54 Å². The minimum atomic E-state index is 0.177. The highest BCUT2D eigenvalue weighted by molar-refractivity contribution is 9.10. The third-order valence-corrected chi connectivity index (χ3v) is 3.91. The van der Waals surface area contributed by atoms with Crippen molar-refractivity contribution in [2.24, 2.45) is 0 Å². The zero-order chi connectivity index (χ0) is 11.6. The highest BCUT2D eigenvalue weighted by Crippen LogP contribution is 2.35. The van der Waals surface area contributed by atoms with Crippen molar-refractivity contribution in [1.82, 2.24) is 4.98 Å². The third-order valence-electron chi connectivity index (χ3n) is 3.31. The molecule has 1 aromatic rings. The van der Waals surface area contributed by atoms with Gasteiger partial charge in [-0.2, -0.15) is 0 Å². The molecule has 0 aliphatic heterocycles. The lowest BCUT2D eigenvalue weighted by atomic mass is 9.83. The van der Waals surface area contributed by atoms with Gasteiger partial charge >= 0.3 is 0 Å². The number of rotatable bonds is 2. The minimum Gasteiger partial charge on any atom is -0.396 e. The largest absolute Gasteiger partial charge is 0.396 e. The zero-order valence-electron chi connectivity index (χ0n) is 9.59. The van der Waals surface area contributed by atoms with Gasteiger partial charge in [-0.05, 0) is 35.7 Å². The molecule has 1 heterocycles. The molecule has 2 rings (SSSR count). The summed E-state index contributed by atoms with van der Waals surface area (Å²) in [5.41, 5.74) is 7.81. The topological polar surface area (TPSA) is 50.9 Å². The molecule has 1 aromatic heterocycles. The number of hydrogen-bond acceptors (Lipinski definition) is 3. The monoisotopic (exact) mass is 283 g/mol. The van der Waals surface area contributed by atoms with Crippen LogP contribution in [0.3, 0.4) is 0 Å². The molecule has 0 bridgehead atoms. The molecular weight excluding hydrogens is 266 g/mol. The maximum Gasteiger partial charge on any atom is 0.0754 e. The number of halogens is 1. The first-order valence-corrected chi connectivity index (χ1v) is 6.57. The molecule has 88 valence electrons. The van der Waals surface area contributed by atoms with Crippen molar-refractivity contribution in [3.05, 3.63) is 16.9 Å². The van der Waals surface area contributed by atoms with Crippen LogP contribution in [0.4, 0.5) is 11.4 Å². The summed E-state index contributed by atoms with van der Waals surface area (Å²) in [6, 6.07) is 0. The predicted octanol–water partition coefficient (Wildman–Crippen LogP) is 3.56. The van der Waals surface area contributed by atoms with Crippen molar-refractivity contribution in [3.63, 3.8) is 0 Å². The highest BCUT2D eigenvalue weighted by Gasteiger charge is 2.27. The molecule has 0 aromatic carbocycles. The maximum atomic E-state index is 5.94. The van der Waals surface area contributed by atoms with Gasteiger partial charge in [-0.1, -0.05) is 19.3 Å². The molecule has 0 atom stereocenters. The summed E-state index contributed by atoms with van der Waals surface area (Å²) in [5.74, 6) is 0. The number of aromatic nitrogens is 1. The lowest BCUT2D eigenvalue weighted by Crippen LogP contribution is -2.37. The van der Waals surface area contributed by atoms with Crippen LogP contribution < -0.4 is 11.1 Å². The van der Waals surface area contributed by atoms with E-state index in [4.69, 9.17) is 5.73 Å². The van der Waals surface area contributed by atoms with E-state index in [9.17, 15) is 0 Å². The summed E-state index contributed by atoms with van der Waals surface area (Å²) < 4.78 is 0.944. The van der Waals surface area contributed by atoms with Crippen molar-refractivity contribution < 1.29 is 0 Å². The number of nitrogens with two attached hydrogens (primary N) is 1. The average Bonchev–Trinajstić information content (AvgIpc) is 2.25. The number of pyridine rings is 1. The van der Waals surface area contributed by atoms with Crippen LogP contribution >= 0.6 is 15.9 Å². The van der Waals surface area contributed by atoms with Gasteiger partial charge in [-0.3, -0.25) is 4.98 Å². The Balaban J connectivity index is 2.19.